The number of nitrogens with zero attached hydrogens (tertiary/aromatic N) is 1. The number of halogens is 1. The zero-order valence-electron chi connectivity index (χ0n) is 12.8. The summed E-state index contributed by atoms with van der Waals surface area (Å²) in [6, 6.07) is 8.08. The molecule has 23 heavy (non-hydrogen) atoms. The lowest BCUT2D eigenvalue weighted by molar-refractivity contribution is -0.121. The minimum atomic E-state index is 0.0549. The first-order valence-electron chi connectivity index (χ1n) is 7.92. The van der Waals surface area contributed by atoms with Crippen molar-refractivity contribution in [3.05, 3.63) is 40.8 Å². The van der Waals surface area contributed by atoms with Gasteiger partial charge in [-0.3, -0.25) is 4.79 Å². The number of nitrogens with one attached hydrogen (secondary N) is 2. The summed E-state index contributed by atoms with van der Waals surface area (Å²) in [7, 11) is 0. The van der Waals surface area contributed by atoms with E-state index in [1.807, 2.05) is 24.3 Å². The predicted octanol–water partition coefficient (Wildman–Crippen LogP) is 2.90. The fourth-order valence-electron chi connectivity index (χ4n) is 2.71. The third-order valence-electron chi connectivity index (χ3n) is 3.92. The number of rotatable bonds is 5. The first-order chi connectivity index (χ1) is 11.2. The fraction of sp³-hybridized carbons (Fsp3) is 0.412. The van der Waals surface area contributed by atoms with E-state index in [0.717, 1.165) is 36.0 Å². The molecular formula is C17H20BrN3O2. The Morgan fingerprint density at radius 3 is 3.09 bits per heavy atom. The molecule has 6 heteroatoms. The molecule has 0 unspecified atom stereocenters. The predicted molar refractivity (Wildman–Crippen MR) is 92.0 cm³/mol. The number of hydrogen-bond acceptors (Lipinski definition) is 4. The summed E-state index contributed by atoms with van der Waals surface area (Å²) in [6.07, 6.45) is 4.77. The van der Waals surface area contributed by atoms with Crippen molar-refractivity contribution in [3.8, 4) is 11.3 Å². The van der Waals surface area contributed by atoms with Gasteiger partial charge in [0, 0.05) is 35.5 Å². The van der Waals surface area contributed by atoms with E-state index in [2.05, 4.69) is 31.5 Å². The van der Waals surface area contributed by atoms with Crippen LogP contribution in [0, 0.1) is 0 Å². The van der Waals surface area contributed by atoms with Crippen LogP contribution in [0.15, 0.2) is 39.4 Å². The number of piperidine rings is 1. The quantitative estimate of drug-likeness (QED) is 0.840. The van der Waals surface area contributed by atoms with Gasteiger partial charge in [-0.1, -0.05) is 34.1 Å². The van der Waals surface area contributed by atoms with Crippen LogP contribution in [-0.2, 0) is 11.2 Å². The van der Waals surface area contributed by atoms with Gasteiger partial charge in [0.2, 0.25) is 5.91 Å². The molecule has 0 radical (unpaired) electrons. The van der Waals surface area contributed by atoms with E-state index in [1.54, 1.807) is 6.20 Å². The van der Waals surface area contributed by atoms with Gasteiger partial charge in [0.15, 0.2) is 11.7 Å². The van der Waals surface area contributed by atoms with Crippen LogP contribution in [0.1, 0.15) is 25.2 Å². The van der Waals surface area contributed by atoms with Crippen LogP contribution in [-0.4, -0.2) is 30.0 Å². The highest BCUT2D eigenvalue weighted by Gasteiger charge is 2.16. The van der Waals surface area contributed by atoms with Crippen molar-refractivity contribution in [2.45, 2.75) is 31.7 Å². The number of aryl methyl sites for hydroxylation is 1. The molecule has 122 valence electrons. The van der Waals surface area contributed by atoms with E-state index < -0.39 is 0 Å². The maximum absolute atomic E-state index is 12.0. The molecule has 0 saturated carbocycles. The van der Waals surface area contributed by atoms with Crippen molar-refractivity contribution < 1.29 is 9.21 Å². The van der Waals surface area contributed by atoms with Gasteiger partial charge in [0.25, 0.3) is 0 Å². The van der Waals surface area contributed by atoms with Gasteiger partial charge in [-0.2, -0.15) is 0 Å². The van der Waals surface area contributed by atoms with Crippen LogP contribution in [0.5, 0.6) is 0 Å². The highest BCUT2D eigenvalue weighted by atomic mass is 79.9. The van der Waals surface area contributed by atoms with Crippen LogP contribution >= 0.6 is 15.9 Å². The normalized spacial score (nSPS) is 17.9. The molecule has 2 heterocycles. The molecule has 0 aliphatic carbocycles. The first kappa shape index (κ1) is 16.2. The minimum absolute atomic E-state index is 0.0549. The standard InChI is InChI=1S/C17H20BrN3O2/c18-14-6-2-1-5-13(14)15-11-20-17(23-15)8-7-16(22)21-12-4-3-9-19-10-12/h1-2,5-6,11-12,19H,3-4,7-10H2,(H,21,22)/t12-/m0/s1. The molecule has 0 spiro atoms. The average molecular weight is 378 g/mol. The Hall–Kier alpha value is -1.66. The van der Waals surface area contributed by atoms with E-state index in [1.165, 1.54) is 0 Å². The number of oxazole rings is 1. The maximum atomic E-state index is 12.0. The molecule has 0 bridgehead atoms. The summed E-state index contributed by atoms with van der Waals surface area (Å²) in [6.45, 7) is 1.90. The second-order valence-electron chi connectivity index (χ2n) is 5.71. The average Bonchev–Trinajstić information content (AvgIpc) is 3.03. The van der Waals surface area contributed by atoms with E-state index >= 15 is 0 Å². The molecule has 1 amide bonds. The van der Waals surface area contributed by atoms with Crippen LogP contribution in [0.2, 0.25) is 0 Å². The molecule has 1 saturated heterocycles. The Morgan fingerprint density at radius 2 is 2.30 bits per heavy atom. The van der Waals surface area contributed by atoms with E-state index in [-0.39, 0.29) is 11.9 Å². The van der Waals surface area contributed by atoms with Gasteiger partial charge in [-0.15, -0.1) is 0 Å². The Balaban J connectivity index is 1.53. The van der Waals surface area contributed by atoms with Gasteiger partial charge in [0.1, 0.15) is 0 Å². The number of benzene rings is 1. The zero-order valence-corrected chi connectivity index (χ0v) is 14.4. The van der Waals surface area contributed by atoms with Gasteiger partial charge in [-0.25, -0.2) is 4.98 Å². The summed E-state index contributed by atoms with van der Waals surface area (Å²) in [5.41, 5.74) is 0.962. The third kappa shape index (κ3) is 4.42. The highest BCUT2D eigenvalue weighted by Crippen LogP contribution is 2.28. The molecule has 1 aromatic heterocycles. The molecule has 1 aliphatic rings. The Labute approximate surface area is 144 Å². The SMILES string of the molecule is O=C(CCc1ncc(-c2ccccc2Br)o1)N[C@H]1CCCNC1. The van der Waals surface area contributed by atoms with Crippen molar-refractivity contribution in [3.63, 3.8) is 0 Å². The first-order valence-corrected chi connectivity index (χ1v) is 8.71. The number of hydrogen-bond donors (Lipinski definition) is 2. The van der Waals surface area contributed by atoms with Crippen LogP contribution in [0.25, 0.3) is 11.3 Å². The molecule has 2 N–H and O–H groups in total. The van der Waals surface area contributed by atoms with Crippen molar-refractivity contribution in [2.24, 2.45) is 0 Å². The monoisotopic (exact) mass is 377 g/mol. The molecule has 5 nitrogen and oxygen atoms in total. The zero-order chi connectivity index (χ0) is 16.1. The number of amides is 1. The Kier molecular flexibility index (Phi) is 5.46. The maximum Gasteiger partial charge on any atom is 0.220 e. The lowest BCUT2D eigenvalue weighted by Gasteiger charge is -2.23. The summed E-state index contributed by atoms with van der Waals surface area (Å²) in [5, 5.41) is 6.35. The minimum Gasteiger partial charge on any atom is -0.441 e. The van der Waals surface area contributed by atoms with Gasteiger partial charge in [-0.05, 0) is 25.5 Å². The van der Waals surface area contributed by atoms with Crippen molar-refractivity contribution in [2.75, 3.05) is 13.1 Å². The van der Waals surface area contributed by atoms with Gasteiger partial charge < -0.3 is 15.1 Å². The topological polar surface area (TPSA) is 67.2 Å². The lowest BCUT2D eigenvalue weighted by Crippen LogP contribution is -2.45. The molecule has 1 aromatic carbocycles. The van der Waals surface area contributed by atoms with Gasteiger partial charge >= 0.3 is 0 Å². The van der Waals surface area contributed by atoms with Crippen molar-refractivity contribution in [1.82, 2.24) is 15.6 Å². The molecular weight excluding hydrogens is 358 g/mol. The van der Waals surface area contributed by atoms with Crippen LogP contribution in [0.4, 0.5) is 0 Å². The van der Waals surface area contributed by atoms with Gasteiger partial charge in [0.05, 0.1) is 6.20 Å². The smallest absolute Gasteiger partial charge is 0.220 e. The number of carbonyl (C=O) groups is 1. The molecule has 1 aliphatic heterocycles. The van der Waals surface area contributed by atoms with E-state index in [0.29, 0.717) is 24.5 Å². The largest absolute Gasteiger partial charge is 0.441 e. The van der Waals surface area contributed by atoms with Crippen LogP contribution < -0.4 is 10.6 Å². The second-order valence-corrected chi connectivity index (χ2v) is 6.56. The highest BCUT2D eigenvalue weighted by molar-refractivity contribution is 9.10. The summed E-state index contributed by atoms with van der Waals surface area (Å²) < 4.78 is 6.72. The number of carbonyl (C=O) groups excluding carboxylic acids is 1. The second kappa shape index (κ2) is 7.75. The Morgan fingerprint density at radius 1 is 1.43 bits per heavy atom. The third-order valence-corrected chi connectivity index (χ3v) is 4.61. The molecule has 2 aromatic rings. The molecule has 1 fully saturated rings. The number of aromatic nitrogens is 1. The lowest BCUT2D eigenvalue weighted by atomic mass is 10.1. The molecule has 3 rings (SSSR count). The van der Waals surface area contributed by atoms with E-state index in [9.17, 15) is 4.79 Å². The van der Waals surface area contributed by atoms with Crippen LogP contribution in [0.3, 0.4) is 0 Å². The van der Waals surface area contributed by atoms with Crippen molar-refractivity contribution >= 4 is 21.8 Å². The molecule has 1 atom stereocenters. The Bertz CT molecular complexity index is 665. The summed E-state index contributed by atoms with van der Waals surface area (Å²) >= 11 is 3.50. The summed E-state index contributed by atoms with van der Waals surface area (Å²) in [4.78, 5) is 16.3. The van der Waals surface area contributed by atoms with Crippen molar-refractivity contribution in [1.29, 1.82) is 0 Å². The fourth-order valence-corrected chi connectivity index (χ4v) is 3.19. The van der Waals surface area contributed by atoms with E-state index in [4.69, 9.17) is 4.42 Å². The summed E-state index contributed by atoms with van der Waals surface area (Å²) in [5.74, 6) is 1.36.